The van der Waals surface area contributed by atoms with E-state index < -0.39 is 17.3 Å². The van der Waals surface area contributed by atoms with Crippen LogP contribution in [0.3, 0.4) is 0 Å². The second-order valence-electron chi connectivity index (χ2n) is 2.84. The van der Waals surface area contributed by atoms with Gasteiger partial charge in [0.15, 0.2) is 0 Å². The minimum absolute atomic E-state index is 0.101. The van der Waals surface area contributed by atoms with E-state index in [-0.39, 0.29) is 5.88 Å². The van der Waals surface area contributed by atoms with Crippen molar-refractivity contribution in [3.63, 3.8) is 0 Å². The molecular weight excluding hydrogens is 201 g/mol. The normalized spacial score (nSPS) is 11.8. The molecule has 0 bridgehead atoms. The molecule has 0 radical (unpaired) electrons. The van der Waals surface area contributed by atoms with Gasteiger partial charge in [-0.3, -0.25) is 0 Å². The average Bonchev–Trinajstić information content (AvgIpc) is 2.03. The van der Waals surface area contributed by atoms with Crippen molar-refractivity contribution in [1.82, 2.24) is 0 Å². The third-order valence-corrected chi connectivity index (χ3v) is 1.97. The van der Waals surface area contributed by atoms with Gasteiger partial charge < -0.3 is 0 Å². The van der Waals surface area contributed by atoms with Crippen molar-refractivity contribution in [1.29, 1.82) is 0 Å². The predicted molar refractivity (Wildman–Crippen MR) is 45.5 cm³/mol. The first-order valence-electron chi connectivity index (χ1n) is 3.68. The highest BCUT2D eigenvalue weighted by Crippen LogP contribution is 2.30. The molecule has 0 nitrogen and oxygen atoms in total. The number of alkyl halides is 3. The largest absolute Gasteiger partial charge is 0.273 e. The van der Waals surface area contributed by atoms with E-state index >= 15 is 0 Å². The van der Waals surface area contributed by atoms with Crippen molar-refractivity contribution in [3.05, 3.63) is 35.1 Å². The lowest BCUT2D eigenvalue weighted by atomic mass is 10.1. The van der Waals surface area contributed by atoms with Crippen LogP contribution in [-0.2, 0) is 11.8 Å². The molecule has 0 atom stereocenters. The lowest BCUT2D eigenvalue weighted by Crippen LogP contribution is -2.10. The Bertz CT molecular complexity index is 304. The van der Waals surface area contributed by atoms with Crippen molar-refractivity contribution in [2.24, 2.45) is 0 Å². The van der Waals surface area contributed by atoms with Gasteiger partial charge in [0.2, 0.25) is 0 Å². The van der Waals surface area contributed by atoms with Crippen molar-refractivity contribution < 1.29 is 13.2 Å². The Morgan fingerprint density at radius 2 is 2.00 bits per heavy atom. The SMILES string of the molecule is CC(F)(F)c1cc(CCl)ccc1F. The van der Waals surface area contributed by atoms with Crippen molar-refractivity contribution >= 4 is 11.6 Å². The summed E-state index contributed by atoms with van der Waals surface area (Å²) in [6.45, 7) is 0.656. The maximum atomic E-state index is 12.9. The molecule has 1 aromatic rings. The zero-order chi connectivity index (χ0) is 10.1. The lowest BCUT2D eigenvalue weighted by molar-refractivity contribution is 0.0137. The van der Waals surface area contributed by atoms with E-state index in [0.29, 0.717) is 12.5 Å². The van der Waals surface area contributed by atoms with Crippen LogP contribution in [0.1, 0.15) is 18.1 Å². The summed E-state index contributed by atoms with van der Waals surface area (Å²) in [5.74, 6) is -3.96. The van der Waals surface area contributed by atoms with Gasteiger partial charge in [-0.1, -0.05) is 6.07 Å². The molecule has 0 fully saturated rings. The van der Waals surface area contributed by atoms with Gasteiger partial charge in [0.05, 0.1) is 5.56 Å². The smallest absolute Gasteiger partial charge is 0.206 e. The highest BCUT2D eigenvalue weighted by atomic mass is 35.5. The molecule has 0 N–H and O–H groups in total. The van der Waals surface area contributed by atoms with E-state index in [1.54, 1.807) is 0 Å². The van der Waals surface area contributed by atoms with Crippen LogP contribution in [0.15, 0.2) is 18.2 Å². The number of benzene rings is 1. The maximum absolute atomic E-state index is 12.9. The highest BCUT2D eigenvalue weighted by Gasteiger charge is 2.28. The molecule has 0 spiro atoms. The summed E-state index contributed by atoms with van der Waals surface area (Å²) in [6, 6.07) is 3.48. The summed E-state index contributed by atoms with van der Waals surface area (Å²) in [6.07, 6.45) is 0. The van der Waals surface area contributed by atoms with Gasteiger partial charge in [0.1, 0.15) is 5.82 Å². The number of hydrogen-bond donors (Lipinski definition) is 0. The average molecular weight is 209 g/mol. The zero-order valence-electron chi connectivity index (χ0n) is 6.95. The standard InChI is InChI=1S/C9H8ClF3/c1-9(12,13)7-4-6(5-10)2-3-8(7)11/h2-4H,5H2,1H3. The van der Waals surface area contributed by atoms with Crippen LogP contribution < -0.4 is 0 Å². The fraction of sp³-hybridized carbons (Fsp3) is 0.333. The minimum Gasteiger partial charge on any atom is -0.206 e. The summed E-state index contributed by atoms with van der Waals surface area (Å²) in [5.41, 5.74) is -0.120. The van der Waals surface area contributed by atoms with Gasteiger partial charge in [-0.2, -0.15) is 0 Å². The maximum Gasteiger partial charge on any atom is 0.273 e. The topological polar surface area (TPSA) is 0 Å². The number of rotatable bonds is 2. The van der Waals surface area contributed by atoms with Gasteiger partial charge in [0, 0.05) is 12.8 Å². The van der Waals surface area contributed by atoms with E-state index in [9.17, 15) is 13.2 Å². The summed E-state index contributed by atoms with van der Waals surface area (Å²) in [7, 11) is 0. The van der Waals surface area contributed by atoms with Crippen LogP contribution in [0.2, 0.25) is 0 Å². The molecule has 0 saturated carbocycles. The zero-order valence-corrected chi connectivity index (χ0v) is 7.71. The van der Waals surface area contributed by atoms with Gasteiger partial charge in [-0.05, 0) is 17.7 Å². The second kappa shape index (κ2) is 3.58. The first-order chi connectivity index (χ1) is 5.95. The molecule has 0 amide bonds. The highest BCUT2D eigenvalue weighted by molar-refractivity contribution is 6.17. The minimum atomic E-state index is -3.16. The summed E-state index contributed by atoms with van der Waals surface area (Å²) in [4.78, 5) is 0. The molecule has 1 aromatic carbocycles. The van der Waals surface area contributed by atoms with Crippen LogP contribution in [0.5, 0.6) is 0 Å². The third kappa shape index (κ3) is 2.37. The van der Waals surface area contributed by atoms with Crippen molar-refractivity contribution in [3.8, 4) is 0 Å². The monoisotopic (exact) mass is 208 g/mol. The number of halogens is 4. The van der Waals surface area contributed by atoms with E-state index in [0.717, 1.165) is 12.1 Å². The van der Waals surface area contributed by atoms with Gasteiger partial charge in [-0.25, -0.2) is 13.2 Å². The Balaban J connectivity index is 3.19. The Kier molecular flexibility index (Phi) is 2.86. The predicted octanol–water partition coefficient (Wildman–Crippen LogP) is 3.68. The molecule has 0 heterocycles. The van der Waals surface area contributed by atoms with Gasteiger partial charge in [-0.15, -0.1) is 11.6 Å². The van der Waals surface area contributed by atoms with Crippen LogP contribution in [0.4, 0.5) is 13.2 Å². The van der Waals surface area contributed by atoms with E-state index in [1.165, 1.54) is 6.07 Å². The van der Waals surface area contributed by atoms with Crippen molar-refractivity contribution in [2.45, 2.75) is 18.7 Å². The second-order valence-corrected chi connectivity index (χ2v) is 3.10. The first kappa shape index (κ1) is 10.4. The molecule has 13 heavy (non-hydrogen) atoms. The molecule has 0 aliphatic heterocycles. The number of hydrogen-bond acceptors (Lipinski definition) is 0. The molecule has 0 unspecified atom stereocenters. The fourth-order valence-electron chi connectivity index (χ4n) is 0.992. The van der Waals surface area contributed by atoms with E-state index in [4.69, 9.17) is 11.6 Å². The Morgan fingerprint density at radius 3 is 2.46 bits per heavy atom. The van der Waals surface area contributed by atoms with Crippen LogP contribution in [-0.4, -0.2) is 0 Å². The fourth-order valence-corrected chi connectivity index (χ4v) is 1.16. The van der Waals surface area contributed by atoms with E-state index in [2.05, 4.69) is 0 Å². The first-order valence-corrected chi connectivity index (χ1v) is 4.21. The summed E-state index contributed by atoms with van der Waals surface area (Å²) < 4.78 is 38.4. The molecule has 0 aliphatic rings. The Labute approximate surface area is 79.3 Å². The third-order valence-electron chi connectivity index (χ3n) is 1.66. The molecule has 0 aromatic heterocycles. The summed E-state index contributed by atoms with van der Waals surface area (Å²) >= 11 is 5.43. The van der Waals surface area contributed by atoms with Gasteiger partial charge >= 0.3 is 0 Å². The quantitative estimate of drug-likeness (QED) is 0.651. The Hall–Kier alpha value is -0.700. The molecular formula is C9H8ClF3. The van der Waals surface area contributed by atoms with Crippen LogP contribution >= 0.6 is 11.6 Å². The summed E-state index contributed by atoms with van der Waals surface area (Å²) in [5, 5.41) is 0. The lowest BCUT2D eigenvalue weighted by Gasteiger charge is -2.12. The Morgan fingerprint density at radius 1 is 1.38 bits per heavy atom. The van der Waals surface area contributed by atoms with Crippen molar-refractivity contribution in [2.75, 3.05) is 0 Å². The molecule has 72 valence electrons. The van der Waals surface area contributed by atoms with Crippen LogP contribution in [0.25, 0.3) is 0 Å². The van der Waals surface area contributed by atoms with Crippen LogP contribution in [0, 0.1) is 5.82 Å². The molecule has 0 saturated heterocycles. The van der Waals surface area contributed by atoms with E-state index in [1.807, 2.05) is 0 Å². The molecule has 1 rings (SSSR count). The molecule has 0 aliphatic carbocycles. The van der Waals surface area contributed by atoms with Gasteiger partial charge in [0.25, 0.3) is 5.92 Å². The molecule has 4 heteroatoms.